The van der Waals surface area contributed by atoms with Crippen LogP contribution in [0.4, 0.5) is 0 Å². The van der Waals surface area contributed by atoms with E-state index < -0.39 is 0 Å². The van der Waals surface area contributed by atoms with Crippen molar-refractivity contribution in [1.29, 1.82) is 0 Å². The zero-order valence-electron chi connectivity index (χ0n) is 22.5. The molecule has 8 aromatic rings. The van der Waals surface area contributed by atoms with Crippen molar-refractivity contribution < 1.29 is 0 Å². The van der Waals surface area contributed by atoms with Crippen LogP contribution in [0.3, 0.4) is 0 Å². The van der Waals surface area contributed by atoms with Gasteiger partial charge in [-0.1, -0.05) is 97.1 Å². The molecule has 2 aromatic heterocycles. The van der Waals surface area contributed by atoms with Crippen LogP contribution in [-0.4, -0.2) is 15.0 Å². The SMILES string of the molecule is Cc1ccccc1-c1cc(-c2ccc(-c3ccncc3)cc2)nc(-c2ccc3ccc4cccc5ccc2c3c45)n1. The van der Waals surface area contributed by atoms with Crippen molar-refractivity contribution in [3.63, 3.8) is 0 Å². The molecule has 0 N–H and O–H groups in total. The van der Waals surface area contributed by atoms with Crippen molar-refractivity contribution in [1.82, 2.24) is 15.0 Å². The van der Waals surface area contributed by atoms with Crippen LogP contribution in [0.2, 0.25) is 0 Å². The summed E-state index contributed by atoms with van der Waals surface area (Å²) in [6.45, 7) is 2.14. The molecule has 3 heteroatoms. The number of nitrogens with zero attached hydrogens (tertiary/aromatic N) is 3. The van der Waals surface area contributed by atoms with Crippen LogP contribution in [0.1, 0.15) is 5.56 Å². The Hall–Kier alpha value is -5.41. The monoisotopic (exact) mass is 523 g/mol. The predicted molar refractivity (Wildman–Crippen MR) is 170 cm³/mol. The van der Waals surface area contributed by atoms with Crippen LogP contribution in [-0.2, 0) is 0 Å². The van der Waals surface area contributed by atoms with E-state index in [-0.39, 0.29) is 0 Å². The summed E-state index contributed by atoms with van der Waals surface area (Å²) in [5, 5.41) is 7.48. The van der Waals surface area contributed by atoms with E-state index in [4.69, 9.17) is 9.97 Å². The molecule has 2 heterocycles. The van der Waals surface area contributed by atoms with E-state index in [1.807, 2.05) is 24.5 Å². The van der Waals surface area contributed by atoms with Gasteiger partial charge >= 0.3 is 0 Å². The fraction of sp³-hybridized carbons (Fsp3) is 0.0263. The molecule has 0 aliphatic rings. The highest BCUT2D eigenvalue weighted by molar-refractivity contribution is 6.25. The first kappa shape index (κ1) is 23.5. The largest absolute Gasteiger partial charge is 0.265 e. The number of pyridine rings is 1. The molecule has 0 bridgehead atoms. The zero-order valence-corrected chi connectivity index (χ0v) is 22.5. The molecule has 0 saturated carbocycles. The Morgan fingerprint density at radius 3 is 1.88 bits per heavy atom. The Morgan fingerprint density at radius 1 is 0.463 bits per heavy atom. The molecule has 0 unspecified atom stereocenters. The van der Waals surface area contributed by atoms with E-state index >= 15 is 0 Å². The highest BCUT2D eigenvalue weighted by atomic mass is 14.9. The first-order chi connectivity index (χ1) is 20.2. The second-order valence-corrected chi connectivity index (χ2v) is 10.6. The molecule has 0 amide bonds. The first-order valence-electron chi connectivity index (χ1n) is 13.9. The molecule has 0 spiro atoms. The minimum absolute atomic E-state index is 0.733. The molecule has 41 heavy (non-hydrogen) atoms. The predicted octanol–water partition coefficient (Wildman–Crippen LogP) is 9.75. The summed E-state index contributed by atoms with van der Waals surface area (Å²) < 4.78 is 0. The summed E-state index contributed by atoms with van der Waals surface area (Å²) in [6.07, 6.45) is 3.65. The van der Waals surface area contributed by atoms with E-state index in [1.165, 1.54) is 37.9 Å². The van der Waals surface area contributed by atoms with Crippen LogP contribution in [0, 0.1) is 6.92 Å². The average Bonchev–Trinajstić information content (AvgIpc) is 3.04. The van der Waals surface area contributed by atoms with Gasteiger partial charge in [0.2, 0.25) is 0 Å². The quantitative estimate of drug-likeness (QED) is 0.216. The lowest BCUT2D eigenvalue weighted by Gasteiger charge is -2.15. The van der Waals surface area contributed by atoms with Gasteiger partial charge in [-0.2, -0.15) is 0 Å². The summed E-state index contributed by atoms with van der Waals surface area (Å²) in [7, 11) is 0. The minimum Gasteiger partial charge on any atom is -0.265 e. The van der Waals surface area contributed by atoms with Gasteiger partial charge in [-0.05, 0) is 80.2 Å². The maximum Gasteiger partial charge on any atom is 0.161 e. The van der Waals surface area contributed by atoms with Gasteiger partial charge in [0.25, 0.3) is 0 Å². The second-order valence-electron chi connectivity index (χ2n) is 10.6. The van der Waals surface area contributed by atoms with Gasteiger partial charge in [0.05, 0.1) is 11.4 Å². The molecular weight excluding hydrogens is 498 g/mol. The highest BCUT2D eigenvalue weighted by Crippen LogP contribution is 2.39. The maximum atomic E-state index is 5.19. The smallest absolute Gasteiger partial charge is 0.161 e. The van der Waals surface area contributed by atoms with Crippen LogP contribution in [0.5, 0.6) is 0 Å². The van der Waals surface area contributed by atoms with Gasteiger partial charge in [0.1, 0.15) is 0 Å². The molecule has 0 fully saturated rings. The van der Waals surface area contributed by atoms with Crippen molar-refractivity contribution in [2.75, 3.05) is 0 Å². The Bertz CT molecular complexity index is 2180. The fourth-order valence-electron chi connectivity index (χ4n) is 6.02. The minimum atomic E-state index is 0.733. The molecule has 0 aliphatic heterocycles. The van der Waals surface area contributed by atoms with E-state index in [0.29, 0.717) is 0 Å². The van der Waals surface area contributed by atoms with Crippen molar-refractivity contribution in [3.05, 3.63) is 139 Å². The number of benzene rings is 6. The number of hydrogen-bond donors (Lipinski definition) is 0. The van der Waals surface area contributed by atoms with Crippen molar-refractivity contribution in [2.45, 2.75) is 6.92 Å². The number of hydrogen-bond acceptors (Lipinski definition) is 3. The molecule has 192 valence electrons. The van der Waals surface area contributed by atoms with E-state index in [9.17, 15) is 0 Å². The van der Waals surface area contributed by atoms with Gasteiger partial charge in [-0.3, -0.25) is 4.98 Å². The topological polar surface area (TPSA) is 38.7 Å². The number of aromatic nitrogens is 3. The second kappa shape index (κ2) is 9.35. The Morgan fingerprint density at radius 2 is 1.10 bits per heavy atom. The number of rotatable bonds is 4. The van der Waals surface area contributed by atoms with Crippen LogP contribution in [0.25, 0.3) is 77.3 Å². The Labute approximate surface area is 238 Å². The molecular formula is C38H25N3. The fourth-order valence-corrected chi connectivity index (χ4v) is 6.02. The molecule has 8 rings (SSSR count). The molecule has 3 nitrogen and oxygen atoms in total. The van der Waals surface area contributed by atoms with E-state index in [0.717, 1.165) is 45.0 Å². The third-order valence-electron chi connectivity index (χ3n) is 8.11. The zero-order chi connectivity index (χ0) is 27.3. The highest BCUT2D eigenvalue weighted by Gasteiger charge is 2.16. The van der Waals surface area contributed by atoms with Gasteiger partial charge in [-0.25, -0.2) is 9.97 Å². The molecule has 0 aliphatic carbocycles. The van der Waals surface area contributed by atoms with Crippen molar-refractivity contribution in [2.24, 2.45) is 0 Å². The lowest BCUT2D eigenvalue weighted by Crippen LogP contribution is -1.98. The molecule has 6 aromatic carbocycles. The van der Waals surface area contributed by atoms with E-state index in [2.05, 4.69) is 121 Å². The van der Waals surface area contributed by atoms with Gasteiger partial charge < -0.3 is 0 Å². The number of aryl methyl sites for hydroxylation is 1. The van der Waals surface area contributed by atoms with E-state index in [1.54, 1.807) is 0 Å². The summed E-state index contributed by atoms with van der Waals surface area (Å²) in [4.78, 5) is 14.5. The summed E-state index contributed by atoms with van der Waals surface area (Å²) in [6, 6.07) is 43.0. The Balaban J connectivity index is 1.35. The summed E-state index contributed by atoms with van der Waals surface area (Å²) in [5.41, 5.74) is 8.52. The third kappa shape index (κ3) is 3.94. The van der Waals surface area contributed by atoms with Crippen LogP contribution in [0.15, 0.2) is 134 Å². The van der Waals surface area contributed by atoms with Crippen LogP contribution < -0.4 is 0 Å². The standard InChI is InChI=1S/C38H25N3/c1-24-5-2-3-8-31(24)35-23-34(27-11-9-25(10-12-27)26-19-21-39-22-20-26)40-38(41-35)33-18-16-30-14-13-28-6-4-7-29-15-17-32(33)37(30)36(28)29/h2-23H,1H3. The molecule has 0 atom stereocenters. The molecule has 0 radical (unpaired) electrons. The maximum absolute atomic E-state index is 5.19. The lowest BCUT2D eigenvalue weighted by atomic mass is 9.91. The van der Waals surface area contributed by atoms with Crippen LogP contribution >= 0.6 is 0 Å². The van der Waals surface area contributed by atoms with Gasteiger partial charge in [-0.15, -0.1) is 0 Å². The normalized spacial score (nSPS) is 11.5. The molecule has 0 saturated heterocycles. The average molecular weight is 524 g/mol. The third-order valence-corrected chi connectivity index (χ3v) is 8.11. The van der Waals surface area contributed by atoms with Gasteiger partial charge in [0, 0.05) is 29.1 Å². The Kier molecular flexibility index (Phi) is 5.36. The van der Waals surface area contributed by atoms with Gasteiger partial charge in [0.15, 0.2) is 5.82 Å². The lowest BCUT2D eigenvalue weighted by molar-refractivity contribution is 1.18. The first-order valence-corrected chi connectivity index (χ1v) is 13.9. The summed E-state index contributed by atoms with van der Waals surface area (Å²) >= 11 is 0. The van der Waals surface area contributed by atoms with Crippen molar-refractivity contribution >= 4 is 32.3 Å². The summed E-state index contributed by atoms with van der Waals surface area (Å²) in [5.74, 6) is 0.733. The van der Waals surface area contributed by atoms with Crippen molar-refractivity contribution in [3.8, 4) is 45.0 Å².